The summed E-state index contributed by atoms with van der Waals surface area (Å²) in [6.45, 7) is 6.51. The van der Waals surface area contributed by atoms with Gasteiger partial charge in [-0.25, -0.2) is 0 Å². The van der Waals surface area contributed by atoms with Gasteiger partial charge in [0, 0.05) is 4.88 Å². The second kappa shape index (κ2) is 10.6. The van der Waals surface area contributed by atoms with Crippen molar-refractivity contribution in [2.75, 3.05) is 37.4 Å². The van der Waals surface area contributed by atoms with Crippen molar-refractivity contribution in [3.8, 4) is 11.8 Å². The lowest BCUT2D eigenvalue weighted by Crippen LogP contribution is -2.39. The first-order valence-electron chi connectivity index (χ1n) is 9.34. The van der Waals surface area contributed by atoms with Crippen LogP contribution in [0.5, 0.6) is 5.75 Å². The molecule has 2 N–H and O–H groups in total. The third-order valence-corrected chi connectivity index (χ3v) is 5.53. The van der Waals surface area contributed by atoms with Crippen molar-refractivity contribution < 1.29 is 14.3 Å². The summed E-state index contributed by atoms with van der Waals surface area (Å²) in [7, 11) is 1.54. The molecule has 29 heavy (non-hydrogen) atoms. The smallest absolute Gasteiger partial charge is 0.239 e. The average molecular weight is 415 g/mol. The van der Waals surface area contributed by atoms with Gasteiger partial charge >= 0.3 is 0 Å². The van der Waals surface area contributed by atoms with E-state index in [-0.39, 0.29) is 24.9 Å². The number of carbonyl (C=O) groups is 2. The maximum Gasteiger partial charge on any atom is 0.239 e. The summed E-state index contributed by atoms with van der Waals surface area (Å²) in [5.41, 5.74) is 1.97. The number of thiophene rings is 1. The van der Waals surface area contributed by atoms with E-state index in [0.717, 1.165) is 16.9 Å². The minimum Gasteiger partial charge on any atom is -0.495 e. The van der Waals surface area contributed by atoms with E-state index in [1.54, 1.807) is 24.1 Å². The van der Waals surface area contributed by atoms with Gasteiger partial charge in [0.05, 0.1) is 31.5 Å². The maximum atomic E-state index is 12.5. The molecule has 2 rings (SSSR count). The van der Waals surface area contributed by atoms with E-state index in [1.165, 1.54) is 11.3 Å². The molecule has 0 bridgehead atoms. The van der Waals surface area contributed by atoms with Crippen molar-refractivity contribution in [2.45, 2.75) is 27.2 Å². The predicted molar refractivity (Wildman–Crippen MR) is 115 cm³/mol. The largest absolute Gasteiger partial charge is 0.495 e. The van der Waals surface area contributed by atoms with Crippen LogP contribution in [0.25, 0.3) is 0 Å². The normalized spacial score (nSPS) is 10.5. The number of nitrogens with zero attached hydrogens (tertiary/aromatic N) is 2. The molecular weight excluding hydrogens is 388 g/mol. The minimum absolute atomic E-state index is 0.0635. The molecule has 0 aliphatic carbocycles. The number of methoxy groups -OCH3 is 1. The van der Waals surface area contributed by atoms with Crippen LogP contribution in [0.15, 0.2) is 24.3 Å². The van der Waals surface area contributed by atoms with Crippen molar-refractivity contribution in [3.05, 3.63) is 40.3 Å². The summed E-state index contributed by atoms with van der Waals surface area (Å²) in [6.07, 6.45) is 0.801. The van der Waals surface area contributed by atoms with Crippen LogP contribution in [-0.4, -0.2) is 43.5 Å². The van der Waals surface area contributed by atoms with Gasteiger partial charge < -0.3 is 15.4 Å². The molecule has 0 radical (unpaired) electrons. The monoisotopic (exact) mass is 414 g/mol. The first-order chi connectivity index (χ1) is 13.9. The van der Waals surface area contributed by atoms with E-state index in [0.29, 0.717) is 28.5 Å². The van der Waals surface area contributed by atoms with Crippen molar-refractivity contribution in [1.29, 1.82) is 5.26 Å². The van der Waals surface area contributed by atoms with Gasteiger partial charge in [0.1, 0.15) is 16.8 Å². The number of rotatable bonds is 9. The van der Waals surface area contributed by atoms with Crippen molar-refractivity contribution in [1.82, 2.24) is 4.90 Å². The summed E-state index contributed by atoms with van der Waals surface area (Å²) in [4.78, 5) is 27.8. The Balaban J connectivity index is 2.00. The Bertz CT molecular complexity index is 917. The Kier molecular flexibility index (Phi) is 8.19. The molecular formula is C21H26N4O3S. The number of para-hydroxylation sites is 2. The number of hydrogen-bond donors (Lipinski definition) is 2. The first kappa shape index (κ1) is 22.4. The van der Waals surface area contributed by atoms with E-state index in [9.17, 15) is 14.9 Å². The molecule has 0 aliphatic rings. The number of carbonyl (C=O) groups excluding carboxylic acids is 2. The average Bonchev–Trinajstić information content (AvgIpc) is 2.94. The van der Waals surface area contributed by atoms with Crippen LogP contribution in [-0.2, 0) is 9.59 Å². The summed E-state index contributed by atoms with van der Waals surface area (Å²) in [6, 6.07) is 9.31. The molecule has 0 spiro atoms. The molecule has 0 saturated carbocycles. The van der Waals surface area contributed by atoms with Gasteiger partial charge in [-0.15, -0.1) is 11.3 Å². The molecule has 8 heteroatoms. The fraction of sp³-hybridized carbons (Fsp3) is 0.381. The molecule has 2 aromatic rings. The third kappa shape index (κ3) is 6.04. The molecule has 7 nitrogen and oxygen atoms in total. The second-order valence-electron chi connectivity index (χ2n) is 6.61. The minimum atomic E-state index is -0.249. The molecule has 2 amide bonds. The number of benzene rings is 1. The molecule has 0 saturated heterocycles. The topological polar surface area (TPSA) is 94.5 Å². The highest BCUT2D eigenvalue weighted by Gasteiger charge is 2.18. The van der Waals surface area contributed by atoms with Crippen LogP contribution >= 0.6 is 11.3 Å². The molecule has 1 aromatic heterocycles. The first-order valence-corrected chi connectivity index (χ1v) is 10.2. The van der Waals surface area contributed by atoms with Crippen molar-refractivity contribution in [2.24, 2.45) is 0 Å². The highest BCUT2D eigenvalue weighted by Crippen LogP contribution is 2.31. The van der Waals surface area contributed by atoms with E-state index in [4.69, 9.17) is 4.74 Å². The number of ether oxygens (including phenoxy) is 1. The number of hydrogen-bond acceptors (Lipinski definition) is 6. The Labute approximate surface area is 175 Å². The Morgan fingerprint density at radius 1 is 1.17 bits per heavy atom. The van der Waals surface area contributed by atoms with Crippen LogP contribution in [0.1, 0.15) is 29.3 Å². The van der Waals surface area contributed by atoms with E-state index in [1.807, 2.05) is 32.9 Å². The standard InChI is InChI=1S/C21H26N4O3S/c1-5-10-25(12-19(26)23-17-8-6-7-9-18(17)28-4)13-20(27)24-21-16(11-22)14(2)15(3)29-21/h6-9H,5,10,12-13H2,1-4H3,(H,23,26)(H,24,27). The fourth-order valence-electron chi connectivity index (χ4n) is 2.89. The lowest BCUT2D eigenvalue weighted by molar-refractivity contribution is -0.120. The molecule has 154 valence electrons. The molecule has 0 fully saturated rings. The number of amides is 2. The van der Waals surface area contributed by atoms with Gasteiger partial charge in [-0.2, -0.15) is 5.26 Å². The number of anilines is 2. The lowest BCUT2D eigenvalue weighted by atomic mass is 10.2. The lowest BCUT2D eigenvalue weighted by Gasteiger charge is -2.20. The highest BCUT2D eigenvalue weighted by atomic mass is 32.1. The SMILES string of the molecule is CCCN(CC(=O)Nc1ccccc1OC)CC(=O)Nc1sc(C)c(C)c1C#N. The van der Waals surface area contributed by atoms with E-state index >= 15 is 0 Å². The Hall–Kier alpha value is -2.89. The van der Waals surface area contributed by atoms with Crippen LogP contribution in [0.2, 0.25) is 0 Å². The van der Waals surface area contributed by atoms with E-state index in [2.05, 4.69) is 16.7 Å². The number of nitriles is 1. The fourth-order valence-corrected chi connectivity index (χ4v) is 3.92. The third-order valence-electron chi connectivity index (χ3n) is 4.41. The predicted octanol–water partition coefficient (Wildman–Crippen LogP) is 3.53. The highest BCUT2D eigenvalue weighted by molar-refractivity contribution is 7.16. The summed E-state index contributed by atoms with van der Waals surface area (Å²) in [5.74, 6) is 0.102. The Morgan fingerprint density at radius 3 is 2.45 bits per heavy atom. The molecule has 1 aromatic carbocycles. The molecule has 0 unspecified atom stereocenters. The van der Waals surface area contributed by atoms with Crippen molar-refractivity contribution in [3.63, 3.8) is 0 Å². The van der Waals surface area contributed by atoms with Gasteiger partial charge in [-0.05, 0) is 44.5 Å². The second-order valence-corrected chi connectivity index (χ2v) is 7.83. The Morgan fingerprint density at radius 2 is 1.83 bits per heavy atom. The van der Waals surface area contributed by atoms with Gasteiger partial charge in [-0.1, -0.05) is 19.1 Å². The van der Waals surface area contributed by atoms with Crippen LogP contribution < -0.4 is 15.4 Å². The molecule has 0 aliphatic heterocycles. The zero-order chi connectivity index (χ0) is 21.4. The summed E-state index contributed by atoms with van der Waals surface area (Å²) < 4.78 is 5.25. The summed E-state index contributed by atoms with van der Waals surface area (Å²) >= 11 is 1.39. The number of aryl methyl sites for hydroxylation is 1. The molecule has 0 atom stereocenters. The zero-order valence-corrected chi connectivity index (χ0v) is 18.0. The maximum absolute atomic E-state index is 12.5. The van der Waals surface area contributed by atoms with Gasteiger partial charge in [0.2, 0.25) is 11.8 Å². The van der Waals surface area contributed by atoms with E-state index < -0.39 is 0 Å². The number of nitrogens with one attached hydrogen (secondary N) is 2. The quantitative estimate of drug-likeness (QED) is 0.655. The van der Waals surface area contributed by atoms with Crippen LogP contribution in [0.4, 0.5) is 10.7 Å². The van der Waals surface area contributed by atoms with Crippen LogP contribution in [0.3, 0.4) is 0 Å². The zero-order valence-electron chi connectivity index (χ0n) is 17.2. The van der Waals surface area contributed by atoms with Gasteiger partial charge in [0.15, 0.2) is 0 Å². The summed E-state index contributed by atoms with van der Waals surface area (Å²) in [5, 5.41) is 15.5. The van der Waals surface area contributed by atoms with Gasteiger partial charge in [0.25, 0.3) is 0 Å². The van der Waals surface area contributed by atoms with Crippen molar-refractivity contribution >= 4 is 33.8 Å². The van der Waals surface area contributed by atoms with Crippen LogP contribution in [0, 0.1) is 25.2 Å². The molecule has 1 heterocycles. The van der Waals surface area contributed by atoms with Gasteiger partial charge in [-0.3, -0.25) is 14.5 Å².